The van der Waals surface area contributed by atoms with E-state index in [0.717, 1.165) is 0 Å². The fourth-order valence-electron chi connectivity index (χ4n) is 1.39. The Balaban J connectivity index is 2.57. The maximum Gasteiger partial charge on any atom is 0.153 e. The molecule has 0 N–H and O–H groups in total. The summed E-state index contributed by atoms with van der Waals surface area (Å²) >= 11 is 5.69. The van der Waals surface area contributed by atoms with Gasteiger partial charge in [-0.3, -0.25) is 4.79 Å². The van der Waals surface area contributed by atoms with Gasteiger partial charge in [-0.2, -0.15) is 0 Å². The third-order valence-electron chi connectivity index (χ3n) is 2.18. The van der Waals surface area contributed by atoms with Gasteiger partial charge in [-0.15, -0.1) is 0 Å². The van der Waals surface area contributed by atoms with E-state index in [0.29, 0.717) is 17.4 Å². The molecule has 1 aromatic heterocycles. The van der Waals surface area contributed by atoms with Crippen LogP contribution in [0.15, 0.2) is 36.5 Å². The first-order chi connectivity index (χ1) is 7.72. The lowest BCUT2D eigenvalue weighted by Gasteiger charge is -2.04. The normalized spacial score (nSPS) is 10.1. The van der Waals surface area contributed by atoms with Gasteiger partial charge in [-0.05, 0) is 12.1 Å². The number of benzene rings is 1. The summed E-state index contributed by atoms with van der Waals surface area (Å²) in [4.78, 5) is 14.5. The van der Waals surface area contributed by atoms with Gasteiger partial charge in [-0.1, -0.05) is 29.8 Å². The molecular formula is C12H7ClFNO. The van der Waals surface area contributed by atoms with E-state index in [2.05, 4.69) is 4.98 Å². The Labute approximate surface area is 96.7 Å². The van der Waals surface area contributed by atoms with E-state index in [9.17, 15) is 9.18 Å². The Kier molecular flexibility index (Phi) is 2.97. The number of hydrogen-bond acceptors (Lipinski definition) is 2. The van der Waals surface area contributed by atoms with Crippen molar-refractivity contribution in [2.75, 3.05) is 0 Å². The first-order valence-electron chi connectivity index (χ1n) is 4.58. The Morgan fingerprint density at radius 3 is 2.75 bits per heavy atom. The third kappa shape index (κ3) is 1.95. The van der Waals surface area contributed by atoms with Gasteiger partial charge in [0, 0.05) is 17.3 Å². The summed E-state index contributed by atoms with van der Waals surface area (Å²) in [7, 11) is 0. The van der Waals surface area contributed by atoms with Crippen LogP contribution >= 0.6 is 11.6 Å². The molecular weight excluding hydrogens is 229 g/mol. The average Bonchev–Trinajstić information content (AvgIpc) is 2.31. The van der Waals surface area contributed by atoms with Crippen LogP contribution < -0.4 is 0 Å². The SMILES string of the molecule is O=Cc1cc(-c2ccccc2F)cnc1Cl. The highest BCUT2D eigenvalue weighted by atomic mass is 35.5. The summed E-state index contributed by atoms with van der Waals surface area (Å²) in [5, 5.41) is 0.120. The minimum absolute atomic E-state index is 0.120. The van der Waals surface area contributed by atoms with Crippen LogP contribution in [0.1, 0.15) is 10.4 Å². The standard InChI is InChI=1S/C12H7ClFNO/c13-12-9(7-16)5-8(6-15-12)10-3-1-2-4-11(10)14/h1-7H. The highest BCUT2D eigenvalue weighted by Crippen LogP contribution is 2.24. The first kappa shape index (κ1) is 10.8. The molecule has 0 saturated heterocycles. The van der Waals surface area contributed by atoms with Gasteiger partial charge in [0.1, 0.15) is 11.0 Å². The fraction of sp³-hybridized carbons (Fsp3) is 0. The molecule has 2 rings (SSSR count). The lowest BCUT2D eigenvalue weighted by Crippen LogP contribution is -1.90. The van der Waals surface area contributed by atoms with Crippen molar-refractivity contribution < 1.29 is 9.18 Å². The molecule has 0 unspecified atom stereocenters. The van der Waals surface area contributed by atoms with E-state index < -0.39 is 0 Å². The second kappa shape index (κ2) is 4.41. The van der Waals surface area contributed by atoms with Crippen LogP contribution in [0.3, 0.4) is 0 Å². The molecule has 0 spiro atoms. The highest BCUT2D eigenvalue weighted by Gasteiger charge is 2.07. The molecule has 2 aromatic rings. The quantitative estimate of drug-likeness (QED) is 0.590. The fourth-order valence-corrected chi connectivity index (χ4v) is 1.54. The van der Waals surface area contributed by atoms with Gasteiger partial charge < -0.3 is 0 Å². The van der Waals surface area contributed by atoms with Gasteiger partial charge in [0.2, 0.25) is 0 Å². The van der Waals surface area contributed by atoms with Crippen molar-refractivity contribution in [3.8, 4) is 11.1 Å². The Morgan fingerprint density at radius 2 is 2.06 bits per heavy atom. The van der Waals surface area contributed by atoms with Crippen LogP contribution in [0.2, 0.25) is 5.15 Å². The molecule has 80 valence electrons. The van der Waals surface area contributed by atoms with E-state index in [1.807, 2.05) is 0 Å². The van der Waals surface area contributed by atoms with Crippen LogP contribution in [-0.4, -0.2) is 11.3 Å². The number of halogens is 2. The van der Waals surface area contributed by atoms with Crippen molar-refractivity contribution in [1.82, 2.24) is 4.98 Å². The molecule has 16 heavy (non-hydrogen) atoms. The molecule has 2 nitrogen and oxygen atoms in total. The zero-order chi connectivity index (χ0) is 11.5. The molecule has 0 aliphatic rings. The summed E-state index contributed by atoms with van der Waals surface area (Å²) in [6.07, 6.45) is 2.04. The second-order valence-electron chi connectivity index (χ2n) is 3.20. The average molecular weight is 236 g/mol. The number of aldehydes is 1. The molecule has 0 amide bonds. The zero-order valence-electron chi connectivity index (χ0n) is 8.15. The third-order valence-corrected chi connectivity index (χ3v) is 2.49. The Morgan fingerprint density at radius 1 is 1.31 bits per heavy atom. The zero-order valence-corrected chi connectivity index (χ0v) is 8.91. The van der Waals surface area contributed by atoms with Crippen LogP contribution in [-0.2, 0) is 0 Å². The molecule has 1 heterocycles. The molecule has 0 aliphatic carbocycles. The summed E-state index contributed by atoms with van der Waals surface area (Å²) in [6.45, 7) is 0. The van der Waals surface area contributed by atoms with E-state index in [1.54, 1.807) is 18.2 Å². The van der Waals surface area contributed by atoms with Crippen molar-refractivity contribution in [2.24, 2.45) is 0 Å². The Bertz CT molecular complexity index is 542. The number of hydrogen-bond donors (Lipinski definition) is 0. The van der Waals surface area contributed by atoms with Crippen LogP contribution in [0, 0.1) is 5.82 Å². The predicted molar refractivity (Wildman–Crippen MR) is 60.0 cm³/mol. The molecule has 0 saturated carbocycles. The van der Waals surface area contributed by atoms with Gasteiger partial charge in [-0.25, -0.2) is 9.37 Å². The maximum absolute atomic E-state index is 13.5. The largest absolute Gasteiger partial charge is 0.298 e. The van der Waals surface area contributed by atoms with Crippen LogP contribution in [0.5, 0.6) is 0 Å². The summed E-state index contributed by atoms with van der Waals surface area (Å²) in [5.41, 5.74) is 1.18. The smallest absolute Gasteiger partial charge is 0.153 e. The number of pyridine rings is 1. The van der Waals surface area contributed by atoms with Crippen molar-refractivity contribution in [3.63, 3.8) is 0 Å². The maximum atomic E-state index is 13.5. The van der Waals surface area contributed by atoms with Crippen molar-refractivity contribution in [1.29, 1.82) is 0 Å². The molecule has 0 bridgehead atoms. The number of carbonyl (C=O) groups excluding carboxylic acids is 1. The van der Waals surface area contributed by atoms with Gasteiger partial charge in [0.15, 0.2) is 6.29 Å². The highest BCUT2D eigenvalue weighted by molar-refractivity contribution is 6.31. The van der Waals surface area contributed by atoms with Crippen LogP contribution in [0.4, 0.5) is 4.39 Å². The monoisotopic (exact) mass is 235 g/mol. The van der Waals surface area contributed by atoms with Gasteiger partial charge >= 0.3 is 0 Å². The van der Waals surface area contributed by atoms with Gasteiger partial charge in [0.25, 0.3) is 0 Å². The summed E-state index contributed by atoms with van der Waals surface area (Å²) < 4.78 is 13.5. The minimum Gasteiger partial charge on any atom is -0.298 e. The Hall–Kier alpha value is -1.74. The van der Waals surface area contributed by atoms with E-state index in [-0.39, 0.29) is 16.5 Å². The van der Waals surface area contributed by atoms with Crippen molar-refractivity contribution >= 4 is 17.9 Å². The number of rotatable bonds is 2. The molecule has 0 aliphatic heterocycles. The number of aromatic nitrogens is 1. The second-order valence-corrected chi connectivity index (χ2v) is 3.56. The van der Waals surface area contributed by atoms with Crippen molar-refractivity contribution in [3.05, 3.63) is 53.1 Å². The molecule has 1 aromatic carbocycles. The van der Waals surface area contributed by atoms with E-state index in [4.69, 9.17) is 11.6 Å². The molecule has 0 radical (unpaired) electrons. The lowest BCUT2D eigenvalue weighted by atomic mass is 10.1. The molecule has 0 fully saturated rings. The van der Waals surface area contributed by atoms with Crippen LogP contribution in [0.25, 0.3) is 11.1 Å². The van der Waals surface area contributed by atoms with Gasteiger partial charge in [0.05, 0.1) is 5.56 Å². The topological polar surface area (TPSA) is 30.0 Å². The first-order valence-corrected chi connectivity index (χ1v) is 4.96. The summed E-state index contributed by atoms with van der Waals surface area (Å²) in [5.74, 6) is -0.358. The predicted octanol–water partition coefficient (Wildman–Crippen LogP) is 3.35. The number of carbonyl (C=O) groups is 1. The summed E-state index contributed by atoms with van der Waals surface area (Å²) in [6, 6.07) is 7.80. The molecule has 0 atom stereocenters. The van der Waals surface area contributed by atoms with E-state index in [1.165, 1.54) is 18.3 Å². The molecule has 4 heteroatoms. The van der Waals surface area contributed by atoms with E-state index >= 15 is 0 Å². The van der Waals surface area contributed by atoms with Crippen molar-refractivity contribution in [2.45, 2.75) is 0 Å². The lowest BCUT2D eigenvalue weighted by molar-refractivity contribution is 0.112. The minimum atomic E-state index is -0.358. The number of nitrogens with zero attached hydrogens (tertiary/aromatic N) is 1.